The zero-order valence-corrected chi connectivity index (χ0v) is 34.0. The van der Waals surface area contributed by atoms with Gasteiger partial charge in [0, 0.05) is 31.8 Å². The van der Waals surface area contributed by atoms with E-state index < -0.39 is 0 Å². The van der Waals surface area contributed by atoms with E-state index >= 15 is 0 Å². The summed E-state index contributed by atoms with van der Waals surface area (Å²) in [6, 6.07) is 0. The van der Waals surface area contributed by atoms with Crippen molar-refractivity contribution >= 4 is 0 Å². The number of nitrogens with two attached hydrogens (primary N) is 3. The zero-order valence-electron chi connectivity index (χ0n) is 34.0. The van der Waals surface area contributed by atoms with E-state index in [9.17, 15) is 0 Å². The number of hydrogen-bond acceptors (Lipinski definition) is 7. The molecule has 0 aromatic heterocycles. The Labute approximate surface area is 315 Å². The molecule has 0 amide bonds. The minimum absolute atomic E-state index is 0.162. The maximum atomic E-state index is 7.08. The second-order valence-electron chi connectivity index (χ2n) is 18.0. The predicted octanol–water partition coefficient (Wildman–Crippen LogP) is 8.33. The van der Waals surface area contributed by atoms with Gasteiger partial charge in [0.2, 0.25) is 0 Å². The Morgan fingerprint density at radius 3 is 2.14 bits per heavy atom. The van der Waals surface area contributed by atoms with E-state index in [4.69, 9.17) is 31.4 Å². The van der Waals surface area contributed by atoms with Crippen molar-refractivity contribution < 1.29 is 14.2 Å². The maximum Gasteiger partial charge on any atom is 0.0637 e. The Hall–Kier alpha value is -0.540. The first-order valence-corrected chi connectivity index (χ1v) is 22.1. The highest BCUT2D eigenvalue weighted by Gasteiger charge is 2.66. The summed E-state index contributed by atoms with van der Waals surface area (Å²) >= 11 is 0. The van der Waals surface area contributed by atoms with E-state index in [1.165, 1.54) is 103 Å². The molecule has 0 aromatic carbocycles. The molecule has 0 spiro atoms. The summed E-state index contributed by atoms with van der Waals surface area (Å²) < 4.78 is 20.5. The lowest BCUT2D eigenvalue weighted by atomic mass is 9.43. The van der Waals surface area contributed by atoms with Crippen LogP contribution in [0.15, 0.2) is 12.7 Å². The normalized spacial score (nSPS) is 35.4. The predicted molar refractivity (Wildman–Crippen MR) is 215 cm³/mol. The molecular weight excluding hydrogens is 633 g/mol. The van der Waals surface area contributed by atoms with Gasteiger partial charge in [0.05, 0.1) is 18.3 Å². The van der Waals surface area contributed by atoms with Gasteiger partial charge in [-0.1, -0.05) is 65.9 Å². The minimum atomic E-state index is 0.162. The second kappa shape index (κ2) is 22.1. The summed E-state index contributed by atoms with van der Waals surface area (Å²) in [5.41, 5.74) is 18.3. The Kier molecular flexibility index (Phi) is 18.7. The van der Waals surface area contributed by atoms with Gasteiger partial charge in [-0.25, -0.2) is 0 Å². The first-order valence-electron chi connectivity index (χ1n) is 22.1. The first kappa shape index (κ1) is 43.2. The number of fused-ring (bicyclic) bond motifs is 5. The van der Waals surface area contributed by atoms with Gasteiger partial charge < -0.3 is 31.4 Å². The van der Waals surface area contributed by atoms with Crippen LogP contribution in [0.25, 0.3) is 0 Å². The third-order valence-corrected chi connectivity index (χ3v) is 14.8. The molecule has 51 heavy (non-hydrogen) atoms. The average Bonchev–Trinajstić information content (AvgIpc) is 3.48. The molecule has 0 saturated heterocycles. The van der Waals surface area contributed by atoms with Gasteiger partial charge in [-0.2, -0.15) is 0 Å². The van der Waals surface area contributed by atoms with Gasteiger partial charge in [0.15, 0.2) is 0 Å². The molecule has 0 radical (unpaired) electrons. The monoisotopic (exact) mass is 717 g/mol. The summed E-state index contributed by atoms with van der Waals surface area (Å²) in [7, 11) is 0. The van der Waals surface area contributed by atoms with Crippen LogP contribution in [-0.4, -0.2) is 82.3 Å². The van der Waals surface area contributed by atoms with Crippen LogP contribution in [0, 0.1) is 46.3 Å². The lowest BCUT2D eigenvalue weighted by Gasteiger charge is -2.65. The summed E-state index contributed by atoms with van der Waals surface area (Å²) in [5, 5.41) is 0. The molecule has 7 heteroatoms. The van der Waals surface area contributed by atoms with Crippen molar-refractivity contribution in [1.82, 2.24) is 4.90 Å². The van der Waals surface area contributed by atoms with E-state index in [1.54, 1.807) is 0 Å². The van der Waals surface area contributed by atoms with Crippen molar-refractivity contribution in [2.75, 3.05) is 59.1 Å². The molecule has 7 nitrogen and oxygen atoms in total. The van der Waals surface area contributed by atoms with Crippen LogP contribution in [0.1, 0.15) is 143 Å². The molecule has 4 aliphatic carbocycles. The number of rotatable bonds is 26. The van der Waals surface area contributed by atoms with Crippen molar-refractivity contribution in [2.24, 2.45) is 63.5 Å². The van der Waals surface area contributed by atoms with Crippen molar-refractivity contribution in [1.29, 1.82) is 0 Å². The van der Waals surface area contributed by atoms with Gasteiger partial charge in [0.1, 0.15) is 0 Å². The molecule has 4 aliphatic rings. The van der Waals surface area contributed by atoms with Crippen molar-refractivity contribution in [3.8, 4) is 0 Å². The fourth-order valence-corrected chi connectivity index (χ4v) is 12.0. The van der Waals surface area contributed by atoms with E-state index in [0.717, 1.165) is 52.0 Å². The smallest absolute Gasteiger partial charge is 0.0637 e. The molecule has 0 bridgehead atoms. The van der Waals surface area contributed by atoms with Crippen molar-refractivity contribution in [3.05, 3.63) is 12.7 Å². The highest BCUT2D eigenvalue weighted by atomic mass is 16.5. The molecule has 11 atom stereocenters. The minimum Gasteiger partial charge on any atom is -0.378 e. The highest BCUT2D eigenvalue weighted by Crippen LogP contribution is 2.69. The quantitative estimate of drug-likeness (QED) is 0.0610. The van der Waals surface area contributed by atoms with Gasteiger partial charge in [-0.15, -0.1) is 6.58 Å². The van der Waals surface area contributed by atoms with Crippen LogP contribution >= 0.6 is 0 Å². The average molecular weight is 717 g/mol. The van der Waals surface area contributed by atoms with Crippen LogP contribution in [0.5, 0.6) is 0 Å². The Bertz CT molecular complexity index is 969. The SMILES string of the molecule is C=CCN(CCCCCCCC)CCC[C@@H](C)C1CC[C@H]2C3[C@H](OCCCN)CC4C[C@H](OCCCN)CCC4(C)[C@H]3C[C@H](OCCCN)C12C. The first-order chi connectivity index (χ1) is 24.8. The van der Waals surface area contributed by atoms with Crippen LogP contribution in [0.2, 0.25) is 0 Å². The maximum absolute atomic E-state index is 7.08. The molecule has 0 aromatic rings. The number of unbranched alkanes of at least 4 members (excludes halogenated alkanes) is 5. The lowest BCUT2D eigenvalue weighted by Crippen LogP contribution is -2.63. The van der Waals surface area contributed by atoms with Crippen LogP contribution in [0.4, 0.5) is 0 Å². The summed E-state index contributed by atoms with van der Waals surface area (Å²) in [6.07, 6.45) is 25.1. The zero-order chi connectivity index (χ0) is 36.7. The van der Waals surface area contributed by atoms with Crippen molar-refractivity contribution in [3.63, 3.8) is 0 Å². The van der Waals surface area contributed by atoms with Gasteiger partial charge in [0.25, 0.3) is 0 Å². The third kappa shape index (κ3) is 11.0. The molecule has 0 aliphatic heterocycles. The molecule has 6 N–H and O–H groups in total. The topological polar surface area (TPSA) is 109 Å². The van der Waals surface area contributed by atoms with Gasteiger partial charge in [-0.05, 0) is 157 Å². The molecule has 4 saturated carbocycles. The summed E-state index contributed by atoms with van der Waals surface area (Å²) in [4.78, 5) is 2.66. The van der Waals surface area contributed by atoms with E-state index in [0.29, 0.717) is 72.8 Å². The van der Waals surface area contributed by atoms with Gasteiger partial charge >= 0.3 is 0 Å². The van der Waals surface area contributed by atoms with Crippen LogP contribution < -0.4 is 17.2 Å². The van der Waals surface area contributed by atoms with Crippen LogP contribution in [-0.2, 0) is 14.2 Å². The molecule has 298 valence electrons. The number of hydrogen-bond donors (Lipinski definition) is 3. The largest absolute Gasteiger partial charge is 0.378 e. The van der Waals surface area contributed by atoms with Crippen LogP contribution in [0.3, 0.4) is 0 Å². The molecule has 0 heterocycles. The fraction of sp³-hybridized carbons (Fsp3) is 0.955. The number of ether oxygens (including phenoxy) is 3. The molecule has 4 fully saturated rings. The lowest BCUT2D eigenvalue weighted by molar-refractivity contribution is -0.227. The van der Waals surface area contributed by atoms with E-state index in [-0.39, 0.29) is 11.5 Å². The van der Waals surface area contributed by atoms with E-state index in [2.05, 4.69) is 45.2 Å². The molecule has 4 rings (SSSR count). The summed E-state index contributed by atoms with van der Waals surface area (Å²) in [5.74, 6) is 3.83. The Morgan fingerprint density at radius 2 is 1.43 bits per heavy atom. The van der Waals surface area contributed by atoms with Gasteiger partial charge in [-0.3, -0.25) is 4.90 Å². The standard InChI is InChI=1S/C44H84N4O3/c1-6-8-9-10-11-12-26-48(25-7-2)27-13-17-34(3)37-18-19-38-42-39(33-41(44(37,38)5)51-30-16-24-47)43(4)21-20-36(49-28-14-22-45)31-35(43)32-40(42)50-29-15-23-46/h7,34-42H,2,6,8-33,45-47H2,1,3-5H3/t34-,35?,36-,37?,38+,39+,40-,41+,42?,43?,44?/m1/s1. The number of nitrogens with zero attached hydrogens (tertiary/aromatic N) is 1. The molecular formula is C44H84N4O3. The Balaban J connectivity index is 1.49. The molecule has 5 unspecified atom stereocenters. The van der Waals surface area contributed by atoms with Crippen molar-refractivity contribution in [2.45, 2.75) is 162 Å². The Morgan fingerprint density at radius 1 is 0.765 bits per heavy atom. The third-order valence-electron chi connectivity index (χ3n) is 14.8. The van der Waals surface area contributed by atoms with E-state index in [1.807, 2.05) is 0 Å². The fourth-order valence-electron chi connectivity index (χ4n) is 12.0. The highest BCUT2D eigenvalue weighted by molar-refractivity contribution is 5.15. The second-order valence-corrected chi connectivity index (χ2v) is 18.0. The summed E-state index contributed by atoms with van der Waals surface area (Å²) in [6.45, 7) is 22.1.